The molecule has 2 fully saturated rings. The summed E-state index contributed by atoms with van der Waals surface area (Å²) in [6, 6.07) is 9.28. The van der Waals surface area contributed by atoms with Crippen LogP contribution >= 0.6 is 0 Å². The third-order valence-corrected chi connectivity index (χ3v) is 6.08. The first-order valence-corrected chi connectivity index (χ1v) is 9.40. The Kier molecular flexibility index (Phi) is 3.58. The summed E-state index contributed by atoms with van der Waals surface area (Å²) in [4.78, 5) is 17.2. The predicted molar refractivity (Wildman–Crippen MR) is 98.6 cm³/mol. The Hall–Kier alpha value is -2.63. The minimum Gasteiger partial charge on any atom is -0.350 e. The molecule has 26 heavy (non-hydrogen) atoms. The van der Waals surface area contributed by atoms with Gasteiger partial charge in [0.25, 0.3) is 0 Å². The van der Waals surface area contributed by atoms with Crippen LogP contribution in [0.4, 0.5) is 0 Å². The summed E-state index contributed by atoms with van der Waals surface area (Å²) in [6.45, 7) is 0. The quantitative estimate of drug-likeness (QED) is 0.730. The van der Waals surface area contributed by atoms with Crippen molar-refractivity contribution in [2.75, 3.05) is 0 Å². The van der Waals surface area contributed by atoms with Crippen molar-refractivity contribution >= 4 is 16.8 Å². The molecule has 6 nitrogen and oxygen atoms in total. The molecule has 4 heterocycles. The van der Waals surface area contributed by atoms with Crippen LogP contribution in [-0.4, -0.2) is 42.5 Å². The van der Waals surface area contributed by atoms with E-state index in [1.165, 1.54) is 10.9 Å². The van der Waals surface area contributed by atoms with Crippen molar-refractivity contribution in [2.24, 2.45) is 7.05 Å². The summed E-state index contributed by atoms with van der Waals surface area (Å²) in [5, 5.41) is 9.81. The number of carbonyl (C=O) groups excluding carboxylic acids is 1. The van der Waals surface area contributed by atoms with Gasteiger partial charge in [-0.25, -0.2) is 0 Å². The lowest BCUT2D eigenvalue weighted by atomic mass is 9.96. The molecule has 1 amide bonds. The second-order valence-electron chi connectivity index (χ2n) is 7.62. The van der Waals surface area contributed by atoms with E-state index < -0.39 is 0 Å². The maximum Gasteiger partial charge on any atom is 0.227 e. The zero-order valence-electron chi connectivity index (χ0n) is 15.0. The Bertz CT molecular complexity index is 930. The molecule has 2 aliphatic rings. The standard InChI is InChI=1S/C20H23N5O/c1-23-13-14(18-4-2-3-5-19(18)23)10-20(26)24-15-6-7-16(24)12-17(11-15)25-21-8-9-22-25/h2-5,8-9,13,15-17H,6-7,10-12H2,1H3/t15-,16-/m0/s1. The van der Waals surface area contributed by atoms with Crippen LogP contribution in [0.15, 0.2) is 42.9 Å². The Morgan fingerprint density at radius 3 is 2.50 bits per heavy atom. The first-order chi connectivity index (χ1) is 12.7. The van der Waals surface area contributed by atoms with Crippen LogP contribution in [0.1, 0.15) is 37.3 Å². The van der Waals surface area contributed by atoms with Crippen LogP contribution in [0.2, 0.25) is 0 Å². The summed E-state index contributed by atoms with van der Waals surface area (Å²) in [7, 11) is 2.04. The molecule has 0 radical (unpaired) electrons. The van der Waals surface area contributed by atoms with Crippen molar-refractivity contribution in [3.8, 4) is 0 Å². The van der Waals surface area contributed by atoms with Crippen LogP contribution in [0, 0.1) is 0 Å². The molecule has 2 saturated heterocycles. The lowest BCUT2D eigenvalue weighted by Crippen LogP contribution is -2.47. The van der Waals surface area contributed by atoms with Gasteiger partial charge >= 0.3 is 0 Å². The summed E-state index contributed by atoms with van der Waals surface area (Å²) in [5.41, 5.74) is 2.31. The lowest BCUT2D eigenvalue weighted by Gasteiger charge is -2.38. The van der Waals surface area contributed by atoms with Gasteiger partial charge in [-0.2, -0.15) is 15.0 Å². The zero-order valence-corrected chi connectivity index (χ0v) is 15.0. The third-order valence-electron chi connectivity index (χ3n) is 6.08. The normalized spacial score (nSPS) is 25.1. The van der Waals surface area contributed by atoms with E-state index in [1.54, 1.807) is 12.4 Å². The van der Waals surface area contributed by atoms with Crippen molar-refractivity contribution in [3.05, 3.63) is 48.4 Å². The average Bonchev–Trinajstić information content (AvgIpc) is 3.34. The fourth-order valence-corrected chi connectivity index (χ4v) is 4.98. The molecule has 6 heteroatoms. The Morgan fingerprint density at radius 2 is 1.77 bits per heavy atom. The van der Waals surface area contributed by atoms with Crippen molar-refractivity contribution in [2.45, 2.75) is 50.2 Å². The van der Waals surface area contributed by atoms with Crippen LogP contribution in [0.25, 0.3) is 10.9 Å². The molecule has 0 saturated carbocycles. The Balaban J connectivity index is 1.36. The zero-order chi connectivity index (χ0) is 17.7. The second-order valence-corrected chi connectivity index (χ2v) is 7.62. The van der Waals surface area contributed by atoms with Gasteiger partial charge in [0.2, 0.25) is 5.91 Å². The van der Waals surface area contributed by atoms with Crippen molar-refractivity contribution in [1.29, 1.82) is 0 Å². The van der Waals surface area contributed by atoms with Gasteiger partial charge in [0, 0.05) is 36.2 Å². The molecule has 2 aromatic heterocycles. The SMILES string of the molecule is Cn1cc(CC(=O)N2[C@H]3CC[C@H]2CC(n2nccn2)C3)c2ccccc21. The molecule has 3 aromatic rings. The summed E-state index contributed by atoms with van der Waals surface area (Å²) < 4.78 is 2.11. The number of nitrogens with zero attached hydrogens (tertiary/aromatic N) is 5. The fraction of sp³-hybridized carbons (Fsp3) is 0.450. The predicted octanol–water partition coefficient (Wildman–Crippen LogP) is 2.71. The number of amides is 1. The molecule has 0 unspecified atom stereocenters. The molecule has 0 N–H and O–H groups in total. The largest absolute Gasteiger partial charge is 0.350 e. The van der Waals surface area contributed by atoms with E-state index in [-0.39, 0.29) is 5.91 Å². The van der Waals surface area contributed by atoms with E-state index >= 15 is 0 Å². The van der Waals surface area contributed by atoms with E-state index in [2.05, 4.69) is 38.0 Å². The number of aryl methyl sites for hydroxylation is 1. The number of para-hydroxylation sites is 1. The summed E-state index contributed by atoms with van der Waals surface area (Å²) in [5.74, 6) is 0.265. The van der Waals surface area contributed by atoms with Gasteiger partial charge in [0.05, 0.1) is 24.9 Å². The van der Waals surface area contributed by atoms with Gasteiger partial charge in [-0.1, -0.05) is 18.2 Å². The maximum atomic E-state index is 13.2. The Labute approximate surface area is 152 Å². The van der Waals surface area contributed by atoms with Gasteiger partial charge in [-0.3, -0.25) is 4.79 Å². The number of aromatic nitrogens is 4. The van der Waals surface area contributed by atoms with E-state index in [0.29, 0.717) is 24.5 Å². The van der Waals surface area contributed by atoms with Crippen LogP contribution < -0.4 is 0 Å². The van der Waals surface area contributed by atoms with Crippen molar-refractivity contribution in [3.63, 3.8) is 0 Å². The molecule has 134 valence electrons. The van der Waals surface area contributed by atoms with Crippen LogP contribution in [0.3, 0.4) is 0 Å². The molecule has 0 spiro atoms. The first kappa shape index (κ1) is 15.6. The molecule has 0 aliphatic carbocycles. The van der Waals surface area contributed by atoms with Gasteiger partial charge in [0.1, 0.15) is 0 Å². The maximum absolute atomic E-state index is 13.2. The fourth-order valence-electron chi connectivity index (χ4n) is 4.98. The molecule has 5 rings (SSSR count). The highest BCUT2D eigenvalue weighted by molar-refractivity contribution is 5.89. The minimum atomic E-state index is 0.265. The molecule has 2 aliphatic heterocycles. The van der Waals surface area contributed by atoms with E-state index in [4.69, 9.17) is 0 Å². The highest BCUT2D eigenvalue weighted by atomic mass is 16.2. The van der Waals surface area contributed by atoms with Gasteiger partial charge in [-0.05, 0) is 37.3 Å². The third kappa shape index (κ3) is 2.43. The second kappa shape index (κ2) is 5.97. The van der Waals surface area contributed by atoms with E-state index in [9.17, 15) is 4.79 Å². The Morgan fingerprint density at radius 1 is 1.08 bits per heavy atom. The lowest BCUT2D eigenvalue weighted by molar-refractivity contribution is -0.135. The molecular formula is C20H23N5O. The van der Waals surface area contributed by atoms with Gasteiger partial charge in [-0.15, -0.1) is 0 Å². The molecule has 1 aromatic carbocycles. The molecule has 2 bridgehead atoms. The van der Waals surface area contributed by atoms with Crippen molar-refractivity contribution in [1.82, 2.24) is 24.5 Å². The highest BCUT2D eigenvalue weighted by Crippen LogP contribution is 2.40. The van der Waals surface area contributed by atoms with Crippen LogP contribution in [-0.2, 0) is 18.3 Å². The molecular weight excluding hydrogens is 326 g/mol. The number of piperidine rings is 1. The number of hydrogen-bond acceptors (Lipinski definition) is 3. The van der Waals surface area contributed by atoms with E-state index in [0.717, 1.165) is 31.2 Å². The summed E-state index contributed by atoms with van der Waals surface area (Å²) in [6.07, 6.45) is 10.2. The first-order valence-electron chi connectivity index (χ1n) is 9.40. The van der Waals surface area contributed by atoms with Gasteiger partial charge < -0.3 is 9.47 Å². The van der Waals surface area contributed by atoms with Crippen LogP contribution in [0.5, 0.6) is 0 Å². The summed E-state index contributed by atoms with van der Waals surface area (Å²) >= 11 is 0. The highest BCUT2D eigenvalue weighted by Gasteiger charge is 2.44. The number of benzene rings is 1. The topological polar surface area (TPSA) is 56.0 Å². The monoisotopic (exact) mass is 349 g/mol. The number of fused-ring (bicyclic) bond motifs is 3. The number of hydrogen-bond donors (Lipinski definition) is 0. The smallest absolute Gasteiger partial charge is 0.227 e. The molecule has 2 atom stereocenters. The number of carbonyl (C=O) groups is 1. The average molecular weight is 349 g/mol. The van der Waals surface area contributed by atoms with Gasteiger partial charge in [0.15, 0.2) is 0 Å². The van der Waals surface area contributed by atoms with E-state index in [1.807, 2.05) is 24.0 Å². The van der Waals surface area contributed by atoms with Crippen molar-refractivity contribution < 1.29 is 4.79 Å². The number of rotatable bonds is 3. The minimum absolute atomic E-state index is 0.265.